The number of hydrogen-bond donors (Lipinski definition) is 1. The molecule has 0 saturated carbocycles. The predicted molar refractivity (Wildman–Crippen MR) is 118 cm³/mol. The van der Waals surface area contributed by atoms with Crippen LogP contribution in [-0.2, 0) is 20.6 Å². The van der Waals surface area contributed by atoms with Crippen LogP contribution in [0.1, 0.15) is 22.6 Å². The van der Waals surface area contributed by atoms with Gasteiger partial charge < -0.3 is 14.2 Å². The molecule has 0 bridgehead atoms. The number of nitrogens with one attached hydrogen (secondary N) is 1. The average Bonchev–Trinajstić information content (AvgIpc) is 3.10. The fraction of sp³-hybridized carbons (Fsp3) is 0.269. The predicted octanol–water partition coefficient (Wildman–Crippen LogP) is 4.51. The standard InChI is InChI=1S/C26H25NO4/c28-25(27-26(17-29-18-26)31-15-14-19-8-2-1-3-9-19)30-16-24-22-12-6-4-10-20(22)21-11-5-7-13-23(21)24/h1-13,24H,14-18H2,(H,27,28). The first-order valence-corrected chi connectivity index (χ1v) is 10.6. The Balaban J connectivity index is 1.19. The van der Waals surface area contributed by atoms with Crippen LogP contribution in [0.2, 0.25) is 0 Å². The summed E-state index contributed by atoms with van der Waals surface area (Å²) in [4.78, 5) is 12.6. The molecule has 3 aromatic rings. The molecule has 31 heavy (non-hydrogen) atoms. The Morgan fingerprint density at radius 1 is 0.903 bits per heavy atom. The molecule has 0 radical (unpaired) electrons. The molecular weight excluding hydrogens is 390 g/mol. The summed E-state index contributed by atoms with van der Waals surface area (Å²) >= 11 is 0. The maximum absolute atomic E-state index is 12.6. The van der Waals surface area contributed by atoms with Gasteiger partial charge in [-0.3, -0.25) is 5.32 Å². The van der Waals surface area contributed by atoms with Crippen LogP contribution < -0.4 is 5.32 Å². The lowest BCUT2D eigenvalue weighted by molar-refractivity contribution is -0.221. The lowest BCUT2D eigenvalue weighted by atomic mass is 9.98. The van der Waals surface area contributed by atoms with Gasteiger partial charge in [-0.25, -0.2) is 4.79 Å². The highest BCUT2D eigenvalue weighted by Crippen LogP contribution is 2.44. The number of carbonyl (C=O) groups is 1. The van der Waals surface area contributed by atoms with Gasteiger partial charge in [-0.15, -0.1) is 0 Å². The third-order valence-electron chi connectivity index (χ3n) is 5.96. The lowest BCUT2D eigenvalue weighted by Crippen LogP contribution is -2.64. The summed E-state index contributed by atoms with van der Waals surface area (Å²) < 4.78 is 17.0. The van der Waals surface area contributed by atoms with Crippen LogP contribution in [0, 0.1) is 0 Å². The second kappa shape index (κ2) is 8.53. The number of amides is 1. The Labute approximate surface area is 182 Å². The summed E-state index contributed by atoms with van der Waals surface area (Å²) in [6.07, 6.45) is 0.291. The first kappa shape index (κ1) is 19.8. The number of rotatable bonds is 7. The van der Waals surface area contributed by atoms with E-state index in [2.05, 4.69) is 41.7 Å². The minimum absolute atomic E-state index is 0.0331. The van der Waals surface area contributed by atoms with E-state index in [0.29, 0.717) is 19.8 Å². The Bertz CT molecular complexity index is 1020. The van der Waals surface area contributed by atoms with Crippen molar-refractivity contribution in [2.75, 3.05) is 26.4 Å². The van der Waals surface area contributed by atoms with Gasteiger partial charge in [0.1, 0.15) is 6.61 Å². The topological polar surface area (TPSA) is 56.8 Å². The van der Waals surface area contributed by atoms with Crippen molar-refractivity contribution < 1.29 is 19.0 Å². The fourth-order valence-corrected chi connectivity index (χ4v) is 4.31. The largest absolute Gasteiger partial charge is 0.448 e. The fourth-order valence-electron chi connectivity index (χ4n) is 4.31. The highest BCUT2D eigenvalue weighted by molar-refractivity contribution is 5.79. The van der Waals surface area contributed by atoms with Crippen LogP contribution in [0.5, 0.6) is 0 Å². The maximum atomic E-state index is 12.6. The van der Waals surface area contributed by atoms with Crippen molar-refractivity contribution in [3.8, 4) is 11.1 Å². The third kappa shape index (κ3) is 4.07. The van der Waals surface area contributed by atoms with Gasteiger partial charge in [0.25, 0.3) is 0 Å². The van der Waals surface area contributed by atoms with E-state index in [1.165, 1.54) is 27.8 Å². The molecule has 1 saturated heterocycles. The van der Waals surface area contributed by atoms with E-state index in [1.54, 1.807) is 0 Å². The second-order valence-electron chi connectivity index (χ2n) is 8.02. The van der Waals surface area contributed by atoms with E-state index < -0.39 is 11.8 Å². The molecule has 1 aliphatic heterocycles. The normalized spacial score (nSPS) is 16.1. The number of benzene rings is 3. The van der Waals surface area contributed by atoms with E-state index in [9.17, 15) is 4.79 Å². The van der Waals surface area contributed by atoms with Crippen molar-refractivity contribution in [3.63, 3.8) is 0 Å². The van der Waals surface area contributed by atoms with Crippen LogP contribution in [0.25, 0.3) is 11.1 Å². The van der Waals surface area contributed by atoms with E-state index in [0.717, 1.165) is 6.42 Å². The Kier molecular flexibility index (Phi) is 5.45. The van der Waals surface area contributed by atoms with Crippen molar-refractivity contribution >= 4 is 6.09 Å². The molecule has 2 aliphatic rings. The van der Waals surface area contributed by atoms with Gasteiger partial charge in [-0.2, -0.15) is 0 Å². The van der Waals surface area contributed by atoms with Crippen LogP contribution in [0.4, 0.5) is 4.79 Å². The van der Waals surface area contributed by atoms with Gasteiger partial charge in [0, 0.05) is 5.92 Å². The Morgan fingerprint density at radius 3 is 2.13 bits per heavy atom. The smallest absolute Gasteiger partial charge is 0.409 e. The zero-order valence-corrected chi connectivity index (χ0v) is 17.3. The van der Waals surface area contributed by atoms with E-state index in [1.807, 2.05) is 42.5 Å². The molecule has 1 fully saturated rings. The molecule has 1 heterocycles. The summed E-state index contributed by atoms with van der Waals surface area (Å²) in [5, 5.41) is 2.88. The van der Waals surface area contributed by atoms with Crippen molar-refractivity contribution in [2.45, 2.75) is 18.1 Å². The van der Waals surface area contributed by atoms with Crippen LogP contribution in [0.3, 0.4) is 0 Å². The quantitative estimate of drug-likeness (QED) is 0.577. The number of alkyl carbamates (subject to hydrolysis) is 1. The van der Waals surface area contributed by atoms with Gasteiger partial charge in [-0.1, -0.05) is 78.9 Å². The second-order valence-corrected chi connectivity index (χ2v) is 8.02. The molecule has 0 aromatic heterocycles. The zero-order chi connectivity index (χ0) is 21.1. The molecule has 5 rings (SSSR count). The highest BCUT2D eigenvalue weighted by atomic mass is 16.6. The molecule has 1 N–H and O–H groups in total. The van der Waals surface area contributed by atoms with E-state index >= 15 is 0 Å². The minimum Gasteiger partial charge on any atom is -0.448 e. The number of hydrogen-bond acceptors (Lipinski definition) is 4. The van der Waals surface area contributed by atoms with Gasteiger partial charge in [0.2, 0.25) is 0 Å². The first-order chi connectivity index (χ1) is 15.2. The molecule has 5 heteroatoms. The van der Waals surface area contributed by atoms with Crippen LogP contribution in [-0.4, -0.2) is 38.2 Å². The Hall–Kier alpha value is -3.15. The molecule has 158 valence electrons. The van der Waals surface area contributed by atoms with Crippen LogP contribution >= 0.6 is 0 Å². The van der Waals surface area contributed by atoms with E-state index in [4.69, 9.17) is 14.2 Å². The molecule has 0 atom stereocenters. The van der Waals surface area contributed by atoms with Crippen molar-refractivity contribution in [1.82, 2.24) is 5.32 Å². The van der Waals surface area contributed by atoms with Gasteiger partial charge in [0.15, 0.2) is 5.72 Å². The first-order valence-electron chi connectivity index (χ1n) is 10.6. The summed E-state index contributed by atoms with van der Waals surface area (Å²) in [5.74, 6) is 0.0331. The lowest BCUT2D eigenvalue weighted by Gasteiger charge is -2.41. The average molecular weight is 415 g/mol. The van der Waals surface area contributed by atoms with E-state index in [-0.39, 0.29) is 12.5 Å². The van der Waals surface area contributed by atoms with Gasteiger partial charge in [-0.05, 0) is 34.2 Å². The molecule has 3 aromatic carbocycles. The minimum atomic E-state index is -0.808. The van der Waals surface area contributed by atoms with Gasteiger partial charge in [0.05, 0.1) is 19.8 Å². The molecule has 5 nitrogen and oxygen atoms in total. The van der Waals surface area contributed by atoms with Gasteiger partial charge >= 0.3 is 6.09 Å². The van der Waals surface area contributed by atoms with Crippen LogP contribution in [0.15, 0.2) is 78.9 Å². The van der Waals surface area contributed by atoms with Crippen molar-refractivity contribution in [2.24, 2.45) is 0 Å². The third-order valence-corrected chi connectivity index (χ3v) is 5.96. The molecule has 0 unspecified atom stereocenters. The highest BCUT2D eigenvalue weighted by Gasteiger charge is 2.42. The summed E-state index contributed by atoms with van der Waals surface area (Å²) in [7, 11) is 0. The number of ether oxygens (including phenoxy) is 3. The number of fused-ring (bicyclic) bond motifs is 3. The SMILES string of the molecule is O=C(NC1(OCCc2ccccc2)COC1)OCC1c2ccccc2-c2ccccc21. The molecular formula is C26H25NO4. The molecule has 0 spiro atoms. The summed E-state index contributed by atoms with van der Waals surface area (Å²) in [6.45, 7) is 1.43. The zero-order valence-electron chi connectivity index (χ0n) is 17.3. The van der Waals surface area contributed by atoms with Crippen molar-refractivity contribution in [1.29, 1.82) is 0 Å². The molecule has 1 amide bonds. The summed E-state index contributed by atoms with van der Waals surface area (Å²) in [5.41, 5.74) is 5.19. The molecule has 1 aliphatic carbocycles. The Morgan fingerprint density at radius 2 is 1.52 bits per heavy atom. The summed E-state index contributed by atoms with van der Waals surface area (Å²) in [6, 6.07) is 26.7. The van der Waals surface area contributed by atoms with Crippen molar-refractivity contribution in [3.05, 3.63) is 95.6 Å². The monoisotopic (exact) mass is 415 g/mol. The number of carbonyl (C=O) groups excluding carboxylic acids is 1. The maximum Gasteiger partial charge on any atom is 0.409 e.